The van der Waals surface area contributed by atoms with Gasteiger partial charge in [-0.3, -0.25) is 4.90 Å². The Kier molecular flexibility index (Phi) is 3.69. The molecule has 1 aliphatic rings. The first-order valence-electron chi connectivity index (χ1n) is 5.58. The molecule has 0 spiro atoms. The van der Waals surface area contributed by atoms with E-state index in [1.807, 2.05) is 0 Å². The summed E-state index contributed by atoms with van der Waals surface area (Å²) in [5.41, 5.74) is 5.51. The van der Waals surface area contributed by atoms with E-state index >= 15 is 0 Å². The Morgan fingerprint density at radius 2 is 2.00 bits per heavy atom. The summed E-state index contributed by atoms with van der Waals surface area (Å²) in [4.78, 5) is 8.59. The number of piperazine rings is 1. The minimum absolute atomic E-state index is 0.287. The van der Waals surface area contributed by atoms with Crippen molar-refractivity contribution in [3.63, 3.8) is 0 Å². The number of nitrogens with zero attached hydrogens (tertiary/aromatic N) is 3. The van der Waals surface area contributed by atoms with Crippen LogP contribution in [0.3, 0.4) is 0 Å². The number of rotatable bonds is 3. The predicted molar refractivity (Wildman–Crippen MR) is 61.9 cm³/mol. The fourth-order valence-electron chi connectivity index (χ4n) is 1.94. The van der Waals surface area contributed by atoms with Crippen LogP contribution in [0.5, 0.6) is 0 Å². The van der Waals surface area contributed by atoms with Crippen molar-refractivity contribution in [1.82, 2.24) is 9.88 Å². The van der Waals surface area contributed by atoms with E-state index in [1.54, 1.807) is 6.07 Å². The van der Waals surface area contributed by atoms with Gasteiger partial charge in [0.1, 0.15) is 11.6 Å². The number of aromatic nitrogens is 1. The summed E-state index contributed by atoms with van der Waals surface area (Å²) >= 11 is 0. The second kappa shape index (κ2) is 5.23. The topological polar surface area (TPSA) is 45.4 Å². The molecule has 0 bridgehead atoms. The first-order chi connectivity index (χ1) is 7.79. The lowest BCUT2D eigenvalue weighted by Crippen LogP contribution is -2.48. The summed E-state index contributed by atoms with van der Waals surface area (Å²) in [5, 5.41) is 0. The van der Waals surface area contributed by atoms with E-state index in [9.17, 15) is 4.39 Å². The molecule has 1 aliphatic heterocycles. The van der Waals surface area contributed by atoms with Crippen molar-refractivity contribution in [2.75, 3.05) is 44.2 Å². The first-order valence-corrected chi connectivity index (χ1v) is 5.58. The molecule has 1 fully saturated rings. The zero-order valence-corrected chi connectivity index (χ0v) is 9.27. The summed E-state index contributed by atoms with van der Waals surface area (Å²) in [5.74, 6) is 0.569. The number of hydrogen-bond donors (Lipinski definition) is 1. The second-order valence-corrected chi connectivity index (χ2v) is 3.95. The van der Waals surface area contributed by atoms with Gasteiger partial charge in [0.25, 0.3) is 0 Å². The Morgan fingerprint density at radius 3 is 2.56 bits per heavy atom. The van der Waals surface area contributed by atoms with E-state index in [0.29, 0.717) is 6.54 Å². The highest BCUT2D eigenvalue weighted by molar-refractivity contribution is 5.38. The van der Waals surface area contributed by atoms with Crippen LogP contribution in [0.1, 0.15) is 0 Å². The number of hydrogen-bond acceptors (Lipinski definition) is 4. The summed E-state index contributed by atoms with van der Waals surface area (Å²) in [6.07, 6.45) is 1.27. The van der Waals surface area contributed by atoms with Crippen molar-refractivity contribution in [3.8, 4) is 0 Å². The van der Waals surface area contributed by atoms with Crippen molar-refractivity contribution < 1.29 is 4.39 Å². The highest BCUT2D eigenvalue weighted by atomic mass is 19.1. The van der Waals surface area contributed by atoms with Crippen molar-refractivity contribution in [2.24, 2.45) is 5.73 Å². The van der Waals surface area contributed by atoms with E-state index in [4.69, 9.17) is 5.73 Å². The van der Waals surface area contributed by atoms with Crippen molar-refractivity contribution in [3.05, 3.63) is 24.1 Å². The van der Waals surface area contributed by atoms with Gasteiger partial charge in [-0.2, -0.15) is 0 Å². The molecule has 2 rings (SSSR count). The van der Waals surface area contributed by atoms with Crippen molar-refractivity contribution in [1.29, 1.82) is 0 Å². The lowest BCUT2D eigenvalue weighted by molar-refractivity contribution is 0.264. The molecule has 4 nitrogen and oxygen atoms in total. The minimum Gasteiger partial charge on any atom is -0.354 e. The van der Waals surface area contributed by atoms with Crippen LogP contribution in [0.2, 0.25) is 0 Å². The van der Waals surface area contributed by atoms with Crippen LogP contribution in [-0.2, 0) is 0 Å². The zero-order chi connectivity index (χ0) is 11.4. The quantitative estimate of drug-likeness (QED) is 0.802. The molecule has 0 saturated carbocycles. The maximum absolute atomic E-state index is 12.7. The van der Waals surface area contributed by atoms with Gasteiger partial charge in [0.2, 0.25) is 0 Å². The van der Waals surface area contributed by atoms with E-state index in [0.717, 1.165) is 38.5 Å². The van der Waals surface area contributed by atoms with Gasteiger partial charge in [0.05, 0.1) is 6.20 Å². The smallest absolute Gasteiger partial charge is 0.141 e. The average molecular weight is 224 g/mol. The first kappa shape index (κ1) is 11.3. The Morgan fingerprint density at radius 1 is 1.25 bits per heavy atom. The van der Waals surface area contributed by atoms with Gasteiger partial charge in [-0.25, -0.2) is 9.37 Å². The lowest BCUT2D eigenvalue weighted by atomic mass is 10.3. The maximum atomic E-state index is 12.7. The number of anilines is 1. The highest BCUT2D eigenvalue weighted by Gasteiger charge is 2.16. The summed E-state index contributed by atoms with van der Waals surface area (Å²) in [6, 6.07) is 3.18. The van der Waals surface area contributed by atoms with Crippen LogP contribution in [0, 0.1) is 5.82 Å². The van der Waals surface area contributed by atoms with Gasteiger partial charge in [0.15, 0.2) is 0 Å². The Hall–Kier alpha value is -1.20. The van der Waals surface area contributed by atoms with Crippen molar-refractivity contribution >= 4 is 5.82 Å². The van der Waals surface area contributed by atoms with E-state index in [2.05, 4.69) is 14.8 Å². The van der Waals surface area contributed by atoms with Gasteiger partial charge < -0.3 is 10.6 Å². The van der Waals surface area contributed by atoms with Crippen LogP contribution in [-0.4, -0.2) is 49.2 Å². The molecule has 0 amide bonds. The Labute approximate surface area is 94.9 Å². The van der Waals surface area contributed by atoms with Gasteiger partial charge >= 0.3 is 0 Å². The van der Waals surface area contributed by atoms with Crippen LogP contribution in [0.25, 0.3) is 0 Å². The van der Waals surface area contributed by atoms with Crippen LogP contribution < -0.4 is 10.6 Å². The second-order valence-electron chi connectivity index (χ2n) is 3.95. The SMILES string of the molecule is NCCN1CCN(c2ccc(F)cn2)CC1. The third kappa shape index (κ3) is 2.68. The third-order valence-electron chi connectivity index (χ3n) is 2.85. The monoisotopic (exact) mass is 224 g/mol. The average Bonchev–Trinajstić information content (AvgIpc) is 2.32. The molecule has 1 aromatic rings. The molecule has 0 radical (unpaired) electrons. The number of nitrogens with two attached hydrogens (primary N) is 1. The molecule has 0 aromatic carbocycles. The molecule has 0 unspecified atom stereocenters. The number of pyridine rings is 1. The number of halogens is 1. The largest absolute Gasteiger partial charge is 0.354 e. The Bertz CT molecular complexity index is 319. The van der Waals surface area contributed by atoms with Crippen LogP contribution in [0.4, 0.5) is 10.2 Å². The van der Waals surface area contributed by atoms with Gasteiger partial charge in [0, 0.05) is 39.3 Å². The summed E-state index contributed by atoms with van der Waals surface area (Å²) in [6.45, 7) is 5.50. The molecule has 16 heavy (non-hydrogen) atoms. The molecule has 0 atom stereocenters. The molecular formula is C11H17FN4. The summed E-state index contributed by atoms with van der Waals surface area (Å²) in [7, 11) is 0. The predicted octanol–water partition coefficient (Wildman–Crippen LogP) is 0.301. The van der Waals surface area contributed by atoms with Gasteiger partial charge in [-0.05, 0) is 12.1 Å². The molecule has 1 saturated heterocycles. The molecule has 88 valence electrons. The third-order valence-corrected chi connectivity index (χ3v) is 2.85. The minimum atomic E-state index is -0.287. The zero-order valence-electron chi connectivity index (χ0n) is 9.27. The van der Waals surface area contributed by atoms with Gasteiger partial charge in [-0.1, -0.05) is 0 Å². The van der Waals surface area contributed by atoms with Gasteiger partial charge in [-0.15, -0.1) is 0 Å². The van der Waals surface area contributed by atoms with E-state index in [1.165, 1.54) is 12.3 Å². The lowest BCUT2D eigenvalue weighted by Gasteiger charge is -2.35. The fourth-order valence-corrected chi connectivity index (χ4v) is 1.94. The van der Waals surface area contributed by atoms with E-state index in [-0.39, 0.29) is 5.82 Å². The maximum Gasteiger partial charge on any atom is 0.141 e. The summed E-state index contributed by atoms with van der Waals surface area (Å²) < 4.78 is 12.7. The molecule has 0 aliphatic carbocycles. The molecule has 1 aromatic heterocycles. The normalized spacial score (nSPS) is 17.8. The van der Waals surface area contributed by atoms with Crippen LogP contribution >= 0.6 is 0 Å². The van der Waals surface area contributed by atoms with Crippen LogP contribution in [0.15, 0.2) is 18.3 Å². The molecular weight excluding hydrogens is 207 g/mol. The highest BCUT2D eigenvalue weighted by Crippen LogP contribution is 2.13. The fraction of sp³-hybridized carbons (Fsp3) is 0.545. The Balaban J connectivity index is 1.91. The molecule has 2 heterocycles. The van der Waals surface area contributed by atoms with Crippen molar-refractivity contribution in [2.45, 2.75) is 0 Å². The van der Waals surface area contributed by atoms with E-state index < -0.39 is 0 Å². The standard InChI is InChI=1S/C11H17FN4/c12-10-1-2-11(14-9-10)16-7-5-15(4-3-13)6-8-16/h1-2,9H,3-8,13H2. The molecule has 2 N–H and O–H groups in total. The molecule has 5 heteroatoms.